The lowest BCUT2D eigenvalue weighted by molar-refractivity contribution is -0.135. The largest absolute Gasteiger partial charge is 0.467 e. The van der Waals surface area contributed by atoms with Crippen LogP contribution in [0.4, 0.5) is 0 Å². The highest BCUT2D eigenvalue weighted by molar-refractivity contribution is 7.19. The molecule has 0 spiro atoms. The first kappa shape index (κ1) is 19.1. The first-order valence-electron chi connectivity index (χ1n) is 10.1. The summed E-state index contributed by atoms with van der Waals surface area (Å²) in [5.41, 5.74) is 2.24. The van der Waals surface area contributed by atoms with Gasteiger partial charge in [-0.1, -0.05) is 12.1 Å². The zero-order chi connectivity index (χ0) is 20.8. The van der Waals surface area contributed by atoms with Gasteiger partial charge in [0.15, 0.2) is 6.61 Å². The molecule has 2 aliphatic rings. The van der Waals surface area contributed by atoms with Crippen LogP contribution in [0.3, 0.4) is 0 Å². The van der Waals surface area contributed by atoms with Crippen molar-refractivity contribution >= 4 is 55.8 Å². The highest BCUT2D eigenvalue weighted by atomic mass is 32.1. The summed E-state index contributed by atoms with van der Waals surface area (Å²) in [6.07, 6.45) is 5.49. The predicted molar refractivity (Wildman–Crippen MR) is 124 cm³/mol. The number of fused-ring (bicyclic) bond motifs is 3. The van der Waals surface area contributed by atoms with Crippen molar-refractivity contribution in [3.05, 3.63) is 61.5 Å². The number of ether oxygens (including phenoxy) is 1. The Morgan fingerprint density at radius 1 is 1.16 bits per heavy atom. The third-order valence-corrected chi connectivity index (χ3v) is 8.73. The number of rotatable bonds is 5. The van der Waals surface area contributed by atoms with Gasteiger partial charge in [0, 0.05) is 16.2 Å². The Hall–Kier alpha value is -2.62. The summed E-state index contributed by atoms with van der Waals surface area (Å²) in [7, 11) is 0. The molecule has 0 aromatic carbocycles. The van der Waals surface area contributed by atoms with E-state index in [1.807, 2.05) is 29.0 Å². The quantitative estimate of drug-likeness (QED) is 0.412. The Morgan fingerprint density at radius 2 is 2.06 bits per heavy atom. The van der Waals surface area contributed by atoms with Gasteiger partial charge < -0.3 is 4.74 Å². The maximum atomic E-state index is 13.2. The number of aromatic nitrogens is 2. The summed E-state index contributed by atoms with van der Waals surface area (Å²) < 4.78 is 5.97. The second-order valence-corrected chi connectivity index (χ2v) is 10.5. The van der Waals surface area contributed by atoms with Crippen LogP contribution in [0.5, 0.6) is 5.88 Å². The van der Waals surface area contributed by atoms with E-state index >= 15 is 0 Å². The van der Waals surface area contributed by atoms with Gasteiger partial charge in [-0.3, -0.25) is 4.79 Å². The fourth-order valence-electron chi connectivity index (χ4n) is 4.24. The van der Waals surface area contributed by atoms with Crippen molar-refractivity contribution in [3.63, 3.8) is 0 Å². The molecule has 0 bridgehead atoms. The maximum Gasteiger partial charge on any atom is 0.281 e. The van der Waals surface area contributed by atoms with Crippen molar-refractivity contribution in [2.75, 3.05) is 6.61 Å². The summed E-state index contributed by atoms with van der Waals surface area (Å²) in [5, 5.41) is 11.3. The summed E-state index contributed by atoms with van der Waals surface area (Å²) in [6.45, 7) is -0.0974. The predicted octanol–water partition coefficient (Wildman–Crippen LogP) is 5.06. The van der Waals surface area contributed by atoms with Gasteiger partial charge in [0.1, 0.15) is 11.2 Å². The highest BCUT2D eigenvalue weighted by Crippen LogP contribution is 2.40. The zero-order valence-corrected chi connectivity index (χ0v) is 18.9. The minimum atomic E-state index is -0.163. The van der Waals surface area contributed by atoms with E-state index in [1.165, 1.54) is 16.8 Å². The number of hydrogen-bond acceptors (Lipinski definition) is 8. The van der Waals surface area contributed by atoms with Gasteiger partial charge in [0.25, 0.3) is 5.91 Å². The van der Waals surface area contributed by atoms with E-state index in [4.69, 9.17) is 9.84 Å². The molecule has 1 atom stereocenters. The van der Waals surface area contributed by atoms with Crippen molar-refractivity contribution < 1.29 is 9.53 Å². The van der Waals surface area contributed by atoms with Gasteiger partial charge in [0.2, 0.25) is 5.88 Å². The fraction of sp³-hybridized carbons (Fsp3) is 0.273. The van der Waals surface area contributed by atoms with Crippen molar-refractivity contribution in [1.82, 2.24) is 15.0 Å². The minimum absolute atomic E-state index is 0.0935. The lowest BCUT2D eigenvalue weighted by atomic mass is 10.1. The highest BCUT2D eigenvalue weighted by Gasteiger charge is 2.34. The molecule has 156 valence electrons. The topological polar surface area (TPSA) is 67.7 Å². The molecule has 31 heavy (non-hydrogen) atoms. The molecular weight excluding hydrogens is 448 g/mol. The molecule has 0 N–H and O–H groups in total. The zero-order valence-electron chi connectivity index (χ0n) is 16.5. The minimum Gasteiger partial charge on any atom is -0.467 e. The molecule has 6 nitrogen and oxygen atoms in total. The number of hydrogen-bond donors (Lipinski definition) is 0. The fourth-order valence-corrected chi connectivity index (χ4v) is 6.99. The Morgan fingerprint density at radius 3 is 2.90 bits per heavy atom. The van der Waals surface area contributed by atoms with Crippen LogP contribution in [0.2, 0.25) is 0 Å². The van der Waals surface area contributed by atoms with E-state index in [1.54, 1.807) is 39.0 Å². The molecule has 0 saturated heterocycles. The van der Waals surface area contributed by atoms with Crippen molar-refractivity contribution in [1.29, 1.82) is 0 Å². The van der Waals surface area contributed by atoms with E-state index in [0.717, 1.165) is 44.9 Å². The monoisotopic (exact) mass is 466 g/mol. The van der Waals surface area contributed by atoms with Crippen LogP contribution in [-0.4, -0.2) is 33.2 Å². The van der Waals surface area contributed by atoms with Crippen LogP contribution in [0.1, 0.15) is 39.1 Å². The van der Waals surface area contributed by atoms with Crippen LogP contribution < -0.4 is 4.74 Å². The molecular formula is C22H18N4O2S3. The number of nitrogens with zero attached hydrogens (tertiary/aromatic N) is 4. The van der Waals surface area contributed by atoms with E-state index in [0.29, 0.717) is 12.3 Å². The molecule has 5 heterocycles. The van der Waals surface area contributed by atoms with Crippen molar-refractivity contribution in [3.8, 4) is 5.88 Å². The maximum absolute atomic E-state index is 13.2. The van der Waals surface area contributed by atoms with E-state index in [-0.39, 0.29) is 18.6 Å². The molecule has 1 aliphatic heterocycles. The van der Waals surface area contributed by atoms with Gasteiger partial charge >= 0.3 is 0 Å². The molecule has 4 aromatic heterocycles. The number of carbonyl (C=O) groups excluding carboxylic acids is 1. The number of thiophene rings is 3. The number of amides is 1. The molecule has 6 rings (SSSR count). The van der Waals surface area contributed by atoms with Gasteiger partial charge in [-0.2, -0.15) is 5.10 Å². The van der Waals surface area contributed by atoms with Crippen molar-refractivity contribution in [2.45, 2.75) is 31.7 Å². The van der Waals surface area contributed by atoms with E-state index in [9.17, 15) is 4.79 Å². The molecule has 0 saturated carbocycles. The van der Waals surface area contributed by atoms with Crippen LogP contribution in [0.15, 0.2) is 46.5 Å². The number of carbonyl (C=O) groups is 1. The summed E-state index contributed by atoms with van der Waals surface area (Å²) in [4.78, 5) is 26.5. The molecule has 1 aliphatic carbocycles. The smallest absolute Gasteiger partial charge is 0.281 e. The van der Waals surface area contributed by atoms with E-state index in [2.05, 4.69) is 16.0 Å². The van der Waals surface area contributed by atoms with Gasteiger partial charge in [-0.25, -0.2) is 15.0 Å². The summed E-state index contributed by atoms with van der Waals surface area (Å²) in [5.74, 6) is 0.343. The lowest BCUT2D eigenvalue weighted by Gasteiger charge is -2.20. The third kappa shape index (κ3) is 3.37. The van der Waals surface area contributed by atoms with Crippen LogP contribution in [-0.2, 0) is 17.6 Å². The van der Waals surface area contributed by atoms with Gasteiger partial charge in [0.05, 0.1) is 22.0 Å². The second-order valence-electron chi connectivity index (χ2n) is 7.50. The molecule has 9 heteroatoms. The number of hydrazone groups is 1. The standard InChI is InChI=1S/C22H18N4O2S3/c27-19(11-28-21-20-13-4-1-5-16(13)31-22(20)24-12-23-21)26-15(18-7-3-9-30-18)10-14(25-26)17-6-2-8-29-17/h2-3,6-9,12,15H,1,4-5,10-11H2. The van der Waals surface area contributed by atoms with Crippen molar-refractivity contribution in [2.24, 2.45) is 5.10 Å². The third-order valence-electron chi connectivity index (χ3n) is 5.64. The van der Waals surface area contributed by atoms with Gasteiger partial charge in [-0.05, 0) is 47.7 Å². The summed E-state index contributed by atoms with van der Waals surface area (Å²) >= 11 is 5.00. The van der Waals surface area contributed by atoms with Gasteiger partial charge in [-0.15, -0.1) is 34.0 Å². The Balaban J connectivity index is 1.27. The average Bonchev–Trinajstić information content (AvgIpc) is 3.58. The van der Waals surface area contributed by atoms with E-state index < -0.39 is 0 Å². The Kier molecular flexibility index (Phi) is 4.81. The molecule has 4 aromatic rings. The average molecular weight is 467 g/mol. The molecule has 0 radical (unpaired) electrons. The molecule has 1 amide bonds. The lowest BCUT2D eigenvalue weighted by Crippen LogP contribution is -2.31. The van der Waals surface area contributed by atoms with Crippen LogP contribution in [0.25, 0.3) is 10.2 Å². The molecule has 0 fully saturated rings. The Bertz CT molecular complexity index is 1280. The van der Waals surface area contributed by atoms with Crippen LogP contribution >= 0.6 is 34.0 Å². The number of aryl methyl sites for hydroxylation is 2. The molecule has 1 unspecified atom stereocenters. The summed E-state index contributed by atoms with van der Waals surface area (Å²) in [6, 6.07) is 8.04. The Labute approximate surface area is 190 Å². The van der Waals surface area contributed by atoms with Crippen LogP contribution in [0, 0.1) is 0 Å². The normalized spacial score (nSPS) is 17.9. The SMILES string of the molecule is O=C(COc1ncnc2sc3c(c12)CCC3)N1N=C(c2cccs2)CC1c1cccs1. The first-order chi connectivity index (χ1) is 15.3. The first-order valence-corrected chi connectivity index (χ1v) is 12.7. The second kappa shape index (κ2) is 7.81.